The van der Waals surface area contributed by atoms with Crippen molar-refractivity contribution in [2.24, 2.45) is 5.92 Å². The average molecular weight is 213 g/mol. The average Bonchev–Trinajstić information content (AvgIpc) is 2.96. The number of carbonyl (C=O) groups is 1. The van der Waals surface area contributed by atoms with E-state index in [1.807, 2.05) is 0 Å². The molecule has 1 aliphatic carbocycles. The summed E-state index contributed by atoms with van der Waals surface area (Å²) in [6, 6.07) is 0.0596. The molecule has 2 aliphatic rings. The largest absolute Gasteiger partial charge is 0.468 e. The molecule has 0 aromatic rings. The zero-order valence-electron chi connectivity index (χ0n) is 9.19. The number of aliphatic hydroxyl groups excluding tert-OH is 1. The molecule has 4 nitrogen and oxygen atoms in total. The first-order valence-electron chi connectivity index (χ1n) is 5.72. The molecule has 1 heterocycles. The Labute approximate surface area is 90.2 Å². The van der Waals surface area contributed by atoms with Crippen LogP contribution in [0, 0.1) is 5.92 Å². The Morgan fingerprint density at radius 3 is 2.80 bits per heavy atom. The minimum Gasteiger partial charge on any atom is -0.468 e. The zero-order valence-corrected chi connectivity index (χ0v) is 9.19. The number of rotatable bonds is 4. The van der Waals surface area contributed by atoms with Crippen LogP contribution < -0.4 is 0 Å². The highest BCUT2D eigenvalue weighted by Crippen LogP contribution is 2.38. The highest BCUT2D eigenvalue weighted by molar-refractivity contribution is 5.76. The molecule has 1 saturated heterocycles. The summed E-state index contributed by atoms with van der Waals surface area (Å²) in [5.74, 6) is 0.336. The van der Waals surface area contributed by atoms with Gasteiger partial charge in [-0.05, 0) is 38.1 Å². The molecule has 0 amide bonds. The van der Waals surface area contributed by atoms with Gasteiger partial charge in [0.1, 0.15) is 6.04 Å². The number of hydrogen-bond acceptors (Lipinski definition) is 4. The molecule has 15 heavy (non-hydrogen) atoms. The molecule has 2 rings (SSSR count). The van der Waals surface area contributed by atoms with Crippen LogP contribution in [0.2, 0.25) is 0 Å². The predicted molar refractivity (Wildman–Crippen MR) is 55.3 cm³/mol. The second-order valence-electron chi connectivity index (χ2n) is 4.52. The van der Waals surface area contributed by atoms with Crippen LogP contribution in [-0.4, -0.2) is 48.3 Å². The molecular formula is C11H19NO3. The SMILES string of the molecule is COC(=O)C(C1CC1)N1CCCC1CO. The van der Waals surface area contributed by atoms with Gasteiger partial charge < -0.3 is 9.84 Å². The fourth-order valence-electron chi connectivity index (χ4n) is 2.55. The monoisotopic (exact) mass is 213 g/mol. The number of ether oxygens (including phenoxy) is 1. The van der Waals surface area contributed by atoms with Gasteiger partial charge in [0, 0.05) is 6.04 Å². The number of hydrogen-bond donors (Lipinski definition) is 1. The summed E-state index contributed by atoms with van der Waals surface area (Å²) in [5, 5.41) is 9.25. The van der Waals surface area contributed by atoms with Crippen LogP contribution in [0.25, 0.3) is 0 Å². The summed E-state index contributed by atoms with van der Waals surface area (Å²) in [6.45, 7) is 1.07. The van der Waals surface area contributed by atoms with Gasteiger partial charge in [-0.1, -0.05) is 0 Å². The molecule has 0 aromatic carbocycles. The highest BCUT2D eigenvalue weighted by Gasteiger charge is 2.44. The second kappa shape index (κ2) is 4.49. The molecule has 1 aliphatic heterocycles. The Kier molecular flexibility index (Phi) is 3.26. The van der Waals surface area contributed by atoms with Crippen LogP contribution in [-0.2, 0) is 9.53 Å². The van der Waals surface area contributed by atoms with E-state index in [2.05, 4.69) is 4.90 Å². The van der Waals surface area contributed by atoms with Crippen molar-refractivity contribution < 1.29 is 14.6 Å². The lowest BCUT2D eigenvalue weighted by Gasteiger charge is -2.30. The zero-order chi connectivity index (χ0) is 10.8. The van der Waals surface area contributed by atoms with Crippen LogP contribution in [0.15, 0.2) is 0 Å². The Balaban J connectivity index is 2.06. The molecule has 2 fully saturated rings. The summed E-state index contributed by atoms with van der Waals surface area (Å²) in [5.41, 5.74) is 0. The van der Waals surface area contributed by atoms with E-state index < -0.39 is 0 Å². The van der Waals surface area contributed by atoms with Crippen molar-refractivity contribution in [2.75, 3.05) is 20.3 Å². The number of likely N-dealkylation sites (tertiary alicyclic amines) is 1. The smallest absolute Gasteiger partial charge is 0.323 e. The first kappa shape index (κ1) is 10.9. The molecule has 1 N–H and O–H groups in total. The van der Waals surface area contributed by atoms with E-state index in [1.165, 1.54) is 7.11 Å². The van der Waals surface area contributed by atoms with E-state index >= 15 is 0 Å². The summed E-state index contributed by atoms with van der Waals surface area (Å²) < 4.78 is 4.86. The number of esters is 1. The maximum absolute atomic E-state index is 11.7. The van der Waals surface area contributed by atoms with Crippen molar-refractivity contribution in [3.05, 3.63) is 0 Å². The van der Waals surface area contributed by atoms with Crippen molar-refractivity contribution in [1.82, 2.24) is 4.90 Å². The van der Waals surface area contributed by atoms with Crippen LogP contribution in [0.1, 0.15) is 25.7 Å². The maximum atomic E-state index is 11.7. The van der Waals surface area contributed by atoms with Crippen LogP contribution in [0.4, 0.5) is 0 Å². The van der Waals surface area contributed by atoms with E-state index in [0.717, 1.165) is 32.2 Å². The lowest BCUT2D eigenvalue weighted by atomic mass is 10.1. The van der Waals surface area contributed by atoms with Gasteiger partial charge in [0.25, 0.3) is 0 Å². The summed E-state index contributed by atoms with van der Waals surface area (Å²) >= 11 is 0. The molecule has 1 saturated carbocycles. The number of carbonyl (C=O) groups excluding carboxylic acids is 1. The Morgan fingerprint density at radius 2 is 2.27 bits per heavy atom. The fraction of sp³-hybridized carbons (Fsp3) is 0.909. The summed E-state index contributed by atoms with van der Waals surface area (Å²) in [6.07, 6.45) is 4.31. The third-order valence-electron chi connectivity index (χ3n) is 3.50. The first-order chi connectivity index (χ1) is 7.27. The quantitative estimate of drug-likeness (QED) is 0.687. The van der Waals surface area contributed by atoms with Crippen molar-refractivity contribution >= 4 is 5.97 Å². The van der Waals surface area contributed by atoms with Crippen molar-refractivity contribution in [3.63, 3.8) is 0 Å². The van der Waals surface area contributed by atoms with Crippen molar-refractivity contribution in [2.45, 2.75) is 37.8 Å². The van der Waals surface area contributed by atoms with Crippen LogP contribution in [0.5, 0.6) is 0 Å². The second-order valence-corrected chi connectivity index (χ2v) is 4.52. The molecule has 0 radical (unpaired) electrons. The topological polar surface area (TPSA) is 49.8 Å². The fourth-order valence-corrected chi connectivity index (χ4v) is 2.55. The van der Waals surface area contributed by atoms with Gasteiger partial charge in [0.05, 0.1) is 13.7 Å². The Bertz CT molecular complexity index is 240. The van der Waals surface area contributed by atoms with Crippen molar-refractivity contribution in [1.29, 1.82) is 0 Å². The summed E-state index contributed by atoms with van der Waals surface area (Å²) in [4.78, 5) is 13.8. The third-order valence-corrected chi connectivity index (χ3v) is 3.50. The van der Waals surface area contributed by atoms with Gasteiger partial charge in [0.2, 0.25) is 0 Å². The highest BCUT2D eigenvalue weighted by atomic mass is 16.5. The summed E-state index contributed by atoms with van der Waals surface area (Å²) in [7, 11) is 1.45. The standard InChI is InChI=1S/C11H19NO3/c1-15-11(14)10(8-4-5-8)12-6-2-3-9(12)7-13/h8-10,13H,2-7H2,1H3. The minimum atomic E-state index is -0.127. The molecule has 4 heteroatoms. The Morgan fingerprint density at radius 1 is 1.53 bits per heavy atom. The van der Waals surface area contributed by atoms with E-state index in [4.69, 9.17) is 4.74 Å². The normalized spacial score (nSPS) is 29.1. The van der Waals surface area contributed by atoms with E-state index in [0.29, 0.717) is 5.92 Å². The molecule has 0 bridgehead atoms. The number of nitrogens with zero attached hydrogens (tertiary/aromatic N) is 1. The maximum Gasteiger partial charge on any atom is 0.323 e. The van der Waals surface area contributed by atoms with Gasteiger partial charge in [0.15, 0.2) is 0 Å². The first-order valence-corrected chi connectivity index (χ1v) is 5.72. The van der Waals surface area contributed by atoms with E-state index in [1.54, 1.807) is 0 Å². The third kappa shape index (κ3) is 2.16. The molecule has 86 valence electrons. The van der Waals surface area contributed by atoms with Crippen molar-refractivity contribution in [3.8, 4) is 0 Å². The molecule has 0 spiro atoms. The van der Waals surface area contributed by atoms with Gasteiger partial charge in [-0.25, -0.2) is 0 Å². The van der Waals surface area contributed by atoms with Gasteiger partial charge in [-0.3, -0.25) is 9.69 Å². The molecule has 0 aromatic heterocycles. The van der Waals surface area contributed by atoms with E-state index in [-0.39, 0.29) is 24.7 Å². The number of methoxy groups -OCH3 is 1. The lowest BCUT2D eigenvalue weighted by Crippen LogP contribution is -2.47. The number of aliphatic hydroxyl groups is 1. The van der Waals surface area contributed by atoms with Gasteiger partial charge in [-0.15, -0.1) is 0 Å². The van der Waals surface area contributed by atoms with Crippen LogP contribution >= 0.6 is 0 Å². The minimum absolute atomic E-state index is 0.102. The molecular weight excluding hydrogens is 194 g/mol. The Hall–Kier alpha value is -0.610. The van der Waals surface area contributed by atoms with Crippen LogP contribution in [0.3, 0.4) is 0 Å². The molecule has 2 unspecified atom stereocenters. The molecule has 2 atom stereocenters. The predicted octanol–water partition coefficient (Wildman–Crippen LogP) is 0.395. The van der Waals surface area contributed by atoms with Gasteiger partial charge >= 0.3 is 5.97 Å². The van der Waals surface area contributed by atoms with Gasteiger partial charge in [-0.2, -0.15) is 0 Å². The lowest BCUT2D eigenvalue weighted by molar-refractivity contribution is -0.148. The van der Waals surface area contributed by atoms with E-state index in [9.17, 15) is 9.90 Å².